The number of aromatic nitrogens is 2. The molecule has 1 aliphatic heterocycles. The van der Waals surface area contributed by atoms with E-state index in [0.717, 1.165) is 5.56 Å². The normalized spacial score (nSPS) is 12.9. The molecule has 150 valence electrons. The van der Waals surface area contributed by atoms with E-state index in [1.165, 1.54) is 0 Å². The van der Waals surface area contributed by atoms with E-state index < -0.39 is 5.91 Å². The standard InChI is InChI=1S/C22H18ClN5O2/c1-25-17-7-5-14(6-8-17)11-19(29)27-9-10-28-18(13-27)20(22(24)30)21(26-28)15-3-2-4-16(23)12-15/h2-8,12H,9-11,13H2,(H2,24,30). The first-order valence-electron chi connectivity index (χ1n) is 9.36. The van der Waals surface area contributed by atoms with Gasteiger partial charge in [0.25, 0.3) is 5.91 Å². The fraction of sp³-hybridized carbons (Fsp3) is 0.182. The quantitative estimate of drug-likeness (QED) is 0.657. The second kappa shape index (κ2) is 8.01. The summed E-state index contributed by atoms with van der Waals surface area (Å²) in [4.78, 5) is 30.1. The largest absolute Gasteiger partial charge is 0.365 e. The van der Waals surface area contributed by atoms with Crippen molar-refractivity contribution in [3.8, 4) is 11.3 Å². The Kier molecular flexibility index (Phi) is 5.25. The summed E-state index contributed by atoms with van der Waals surface area (Å²) in [5, 5.41) is 5.11. The molecule has 2 aromatic carbocycles. The van der Waals surface area contributed by atoms with E-state index >= 15 is 0 Å². The smallest absolute Gasteiger partial charge is 0.252 e. The number of carbonyl (C=O) groups excluding carboxylic acids is 2. The molecule has 2 amide bonds. The summed E-state index contributed by atoms with van der Waals surface area (Å²) in [5.41, 5.74) is 9.17. The molecule has 0 radical (unpaired) electrons. The molecule has 1 aliphatic rings. The summed E-state index contributed by atoms with van der Waals surface area (Å²) in [6.45, 7) is 8.22. The maximum atomic E-state index is 12.8. The molecule has 0 saturated heterocycles. The van der Waals surface area contributed by atoms with Crippen LogP contribution in [0.1, 0.15) is 21.6 Å². The van der Waals surface area contributed by atoms with Crippen molar-refractivity contribution in [2.75, 3.05) is 6.54 Å². The lowest BCUT2D eigenvalue weighted by molar-refractivity contribution is -0.132. The molecule has 2 heterocycles. The van der Waals surface area contributed by atoms with Crippen LogP contribution in [0, 0.1) is 6.57 Å². The maximum absolute atomic E-state index is 12.8. The molecule has 2 N–H and O–H groups in total. The van der Waals surface area contributed by atoms with Crippen LogP contribution in [0.3, 0.4) is 0 Å². The molecule has 0 aliphatic carbocycles. The van der Waals surface area contributed by atoms with Gasteiger partial charge < -0.3 is 10.6 Å². The highest BCUT2D eigenvalue weighted by molar-refractivity contribution is 6.30. The van der Waals surface area contributed by atoms with Gasteiger partial charge in [-0.1, -0.05) is 48.0 Å². The van der Waals surface area contributed by atoms with Crippen molar-refractivity contribution in [2.45, 2.75) is 19.5 Å². The van der Waals surface area contributed by atoms with E-state index in [0.29, 0.717) is 46.3 Å². The van der Waals surface area contributed by atoms with Gasteiger partial charge >= 0.3 is 0 Å². The van der Waals surface area contributed by atoms with Crippen LogP contribution in [0.25, 0.3) is 16.1 Å². The van der Waals surface area contributed by atoms with E-state index in [9.17, 15) is 9.59 Å². The zero-order chi connectivity index (χ0) is 21.3. The summed E-state index contributed by atoms with van der Waals surface area (Å²) < 4.78 is 1.74. The van der Waals surface area contributed by atoms with Crippen LogP contribution in [0.4, 0.5) is 5.69 Å². The first-order chi connectivity index (χ1) is 14.5. The fourth-order valence-corrected chi connectivity index (χ4v) is 3.79. The second-order valence-electron chi connectivity index (χ2n) is 7.04. The monoisotopic (exact) mass is 419 g/mol. The van der Waals surface area contributed by atoms with Crippen LogP contribution in [0.5, 0.6) is 0 Å². The van der Waals surface area contributed by atoms with Crippen molar-refractivity contribution in [3.05, 3.63) is 81.8 Å². The van der Waals surface area contributed by atoms with Gasteiger partial charge in [0.05, 0.1) is 37.3 Å². The highest BCUT2D eigenvalue weighted by Crippen LogP contribution is 2.30. The van der Waals surface area contributed by atoms with Gasteiger partial charge in [-0.25, -0.2) is 4.85 Å². The van der Waals surface area contributed by atoms with Gasteiger partial charge in [0.1, 0.15) is 5.69 Å². The number of fused-ring (bicyclic) bond motifs is 1. The molecule has 30 heavy (non-hydrogen) atoms. The number of nitrogens with two attached hydrogens (primary N) is 1. The Morgan fingerprint density at radius 1 is 1.17 bits per heavy atom. The third-order valence-corrected chi connectivity index (χ3v) is 5.33. The molecule has 0 bridgehead atoms. The Labute approximate surface area is 178 Å². The van der Waals surface area contributed by atoms with Gasteiger partial charge in [-0.15, -0.1) is 0 Å². The van der Waals surface area contributed by atoms with Gasteiger partial charge in [-0.2, -0.15) is 5.10 Å². The lowest BCUT2D eigenvalue weighted by Crippen LogP contribution is -2.40. The molecule has 3 aromatic rings. The number of rotatable bonds is 4. The highest BCUT2D eigenvalue weighted by Gasteiger charge is 2.29. The van der Waals surface area contributed by atoms with Crippen LogP contribution < -0.4 is 5.73 Å². The number of hydrogen-bond donors (Lipinski definition) is 1. The number of benzene rings is 2. The zero-order valence-corrected chi connectivity index (χ0v) is 16.8. The lowest BCUT2D eigenvalue weighted by Gasteiger charge is -2.28. The van der Waals surface area contributed by atoms with E-state index in [4.69, 9.17) is 23.9 Å². The third kappa shape index (κ3) is 3.78. The molecule has 0 spiro atoms. The second-order valence-corrected chi connectivity index (χ2v) is 7.47. The number of primary amides is 1. The van der Waals surface area contributed by atoms with Gasteiger partial charge in [0.15, 0.2) is 5.69 Å². The highest BCUT2D eigenvalue weighted by atomic mass is 35.5. The third-order valence-electron chi connectivity index (χ3n) is 5.10. The summed E-state index contributed by atoms with van der Waals surface area (Å²) in [6, 6.07) is 14.1. The van der Waals surface area contributed by atoms with E-state index in [1.54, 1.807) is 52.0 Å². The lowest BCUT2D eigenvalue weighted by atomic mass is 10.0. The SMILES string of the molecule is [C-]#[N+]c1ccc(CC(=O)N2CCn3nc(-c4cccc(Cl)c4)c(C(N)=O)c3C2)cc1. The van der Waals surface area contributed by atoms with Crippen LogP contribution in [0.2, 0.25) is 5.02 Å². The average molecular weight is 420 g/mol. The van der Waals surface area contributed by atoms with Crippen molar-refractivity contribution in [1.29, 1.82) is 0 Å². The Bertz CT molecular complexity index is 1180. The van der Waals surface area contributed by atoms with Crippen molar-refractivity contribution in [1.82, 2.24) is 14.7 Å². The molecule has 4 rings (SSSR count). The van der Waals surface area contributed by atoms with E-state index in [-0.39, 0.29) is 18.9 Å². The number of carbonyl (C=O) groups is 2. The predicted octanol–water partition coefficient (Wildman–Crippen LogP) is 3.44. The number of amides is 2. The van der Waals surface area contributed by atoms with Gasteiger partial charge in [0, 0.05) is 17.1 Å². The van der Waals surface area contributed by atoms with Crippen LogP contribution >= 0.6 is 11.6 Å². The fourth-order valence-electron chi connectivity index (χ4n) is 3.60. The first kappa shape index (κ1) is 19.7. The molecule has 8 heteroatoms. The molecule has 0 fully saturated rings. The van der Waals surface area contributed by atoms with Crippen LogP contribution in [0.15, 0.2) is 48.5 Å². The van der Waals surface area contributed by atoms with Crippen molar-refractivity contribution < 1.29 is 9.59 Å². The number of nitrogens with zero attached hydrogens (tertiary/aromatic N) is 4. The minimum atomic E-state index is -0.588. The Morgan fingerprint density at radius 3 is 2.60 bits per heavy atom. The van der Waals surface area contributed by atoms with Crippen molar-refractivity contribution >= 4 is 29.1 Å². The zero-order valence-electron chi connectivity index (χ0n) is 16.0. The molecular formula is C22H18ClN5O2. The average Bonchev–Trinajstić information content (AvgIpc) is 3.13. The van der Waals surface area contributed by atoms with E-state index in [1.807, 2.05) is 6.07 Å². The summed E-state index contributed by atoms with van der Waals surface area (Å²) >= 11 is 6.09. The van der Waals surface area contributed by atoms with Crippen LogP contribution in [-0.2, 0) is 24.3 Å². The Balaban J connectivity index is 1.60. The summed E-state index contributed by atoms with van der Waals surface area (Å²) in [7, 11) is 0. The number of hydrogen-bond acceptors (Lipinski definition) is 3. The Hall–Kier alpha value is -3.63. The topological polar surface area (TPSA) is 85.6 Å². The van der Waals surface area contributed by atoms with Crippen LogP contribution in [-0.4, -0.2) is 33.0 Å². The Morgan fingerprint density at radius 2 is 1.93 bits per heavy atom. The first-order valence-corrected chi connectivity index (χ1v) is 9.73. The molecule has 1 aromatic heterocycles. The molecular weight excluding hydrogens is 402 g/mol. The summed E-state index contributed by atoms with van der Waals surface area (Å²) in [6.07, 6.45) is 0.222. The number of halogens is 1. The predicted molar refractivity (Wildman–Crippen MR) is 113 cm³/mol. The van der Waals surface area contributed by atoms with Crippen molar-refractivity contribution in [2.24, 2.45) is 5.73 Å². The maximum Gasteiger partial charge on any atom is 0.252 e. The van der Waals surface area contributed by atoms with Gasteiger partial charge in [-0.3, -0.25) is 14.3 Å². The molecule has 0 saturated carbocycles. The molecule has 0 atom stereocenters. The van der Waals surface area contributed by atoms with Gasteiger partial charge in [-0.05, 0) is 17.7 Å². The van der Waals surface area contributed by atoms with Crippen molar-refractivity contribution in [3.63, 3.8) is 0 Å². The summed E-state index contributed by atoms with van der Waals surface area (Å²) in [5.74, 6) is -0.645. The molecule has 7 nitrogen and oxygen atoms in total. The minimum absolute atomic E-state index is 0.0576. The minimum Gasteiger partial charge on any atom is -0.365 e. The molecule has 0 unspecified atom stereocenters. The van der Waals surface area contributed by atoms with Gasteiger partial charge in [0.2, 0.25) is 5.91 Å². The van der Waals surface area contributed by atoms with E-state index in [2.05, 4.69) is 9.94 Å².